The predicted octanol–water partition coefficient (Wildman–Crippen LogP) is 1.31. The Balaban J connectivity index is 1.72. The van der Waals surface area contributed by atoms with Crippen LogP contribution in [0, 0.1) is 0 Å². The van der Waals surface area contributed by atoms with Crippen molar-refractivity contribution in [1.29, 1.82) is 0 Å². The van der Waals surface area contributed by atoms with Gasteiger partial charge < -0.3 is 31.3 Å². The lowest BCUT2D eigenvalue weighted by molar-refractivity contribution is -0.184. The molecule has 172 valence electrons. The zero-order valence-corrected chi connectivity index (χ0v) is 17.9. The first-order valence-corrected chi connectivity index (χ1v) is 10.1. The highest BCUT2D eigenvalue weighted by Crippen LogP contribution is 2.28. The molecule has 0 saturated heterocycles. The minimum Gasteiger partial charge on any atom is -0.480 e. The van der Waals surface area contributed by atoms with Gasteiger partial charge in [0.2, 0.25) is 0 Å². The van der Waals surface area contributed by atoms with Crippen LogP contribution in [-0.2, 0) is 16.0 Å². The second-order valence-corrected chi connectivity index (χ2v) is 7.80. The normalized spacial score (nSPS) is 12.2. The van der Waals surface area contributed by atoms with Gasteiger partial charge in [-0.05, 0) is 27.5 Å². The molecule has 0 saturated carbocycles. The summed E-state index contributed by atoms with van der Waals surface area (Å²) in [6.07, 6.45) is 0.00391. The van der Waals surface area contributed by atoms with E-state index in [1.54, 1.807) is 12.1 Å². The number of hydrogen-bond acceptors (Lipinski definition) is 5. The summed E-state index contributed by atoms with van der Waals surface area (Å²) < 4.78 is 0. The van der Waals surface area contributed by atoms with Crippen molar-refractivity contribution in [2.45, 2.75) is 18.2 Å². The second-order valence-electron chi connectivity index (χ2n) is 7.80. The summed E-state index contributed by atoms with van der Waals surface area (Å²) in [5.74, 6) is -5.62. The van der Waals surface area contributed by atoms with Gasteiger partial charge in [-0.15, -0.1) is 0 Å². The Labute approximate surface area is 190 Å². The van der Waals surface area contributed by atoms with Crippen LogP contribution in [0.2, 0.25) is 0 Å². The molecular formula is C24H25N3O6. The van der Waals surface area contributed by atoms with E-state index >= 15 is 0 Å². The molecule has 0 aliphatic heterocycles. The van der Waals surface area contributed by atoms with E-state index in [0.29, 0.717) is 5.56 Å². The number of benzene rings is 3. The van der Waals surface area contributed by atoms with Crippen LogP contribution < -0.4 is 11.1 Å². The molecule has 1 atom stereocenters. The minimum absolute atomic E-state index is 0.00391. The van der Waals surface area contributed by atoms with Gasteiger partial charge in [0.1, 0.15) is 6.04 Å². The number of nitrogens with one attached hydrogen (secondary N) is 1. The molecule has 0 spiro atoms. The number of urea groups is 1. The summed E-state index contributed by atoms with van der Waals surface area (Å²) in [7, 11) is 1.18. The molecule has 3 aromatic rings. The van der Waals surface area contributed by atoms with Crippen molar-refractivity contribution in [2.75, 3.05) is 13.6 Å². The quantitative estimate of drug-likeness (QED) is 0.326. The Hall–Kier alpha value is -3.95. The van der Waals surface area contributed by atoms with Gasteiger partial charge in [-0.25, -0.2) is 9.59 Å². The fourth-order valence-corrected chi connectivity index (χ4v) is 3.47. The lowest BCUT2D eigenvalue weighted by atomic mass is 9.96. The molecule has 3 amide bonds. The standard InChI is InChI=1S/C24H25N3O6/c1-27(14-24(32,33)22(25)30)23(31)26-20(21(28)29)13-15-9-11-17(12-10-15)19-8-4-6-16-5-2-3-7-18(16)19/h2-12,20,32-33H,13-14H2,1H3,(H2,25,30)(H,26,31)(H,28,29)/t20-/m0/s1. The average molecular weight is 451 g/mol. The number of rotatable bonds is 8. The zero-order chi connectivity index (χ0) is 24.2. The highest BCUT2D eigenvalue weighted by Gasteiger charge is 2.34. The monoisotopic (exact) mass is 451 g/mol. The Bertz CT molecular complexity index is 1170. The molecule has 0 aliphatic carbocycles. The summed E-state index contributed by atoms with van der Waals surface area (Å²) in [6.45, 7) is -0.819. The highest BCUT2D eigenvalue weighted by atomic mass is 16.5. The summed E-state index contributed by atoms with van der Waals surface area (Å²) in [5.41, 5.74) is 7.57. The number of aliphatic hydroxyl groups is 2. The van der Waals surface area contributed by atoms with E-state index in [1.165, 1.54) is 7.05 Å². The van der Waals surface area contributed by atoms with Crippen LogP contribution in [0.1, 0.15) is 5.56 Å². The van der Waals surface area contributed by atoms with Crippen LogP contribution in [0.5, 0.6) is 0 Å². The predicted molar refractivity (Wildman–Crippen MR) is 122 cm³/mol. The van der Waals surface area contributed by atoms with Crippen molar-refractivity contribution >= 4 is 28.7 Å². The molecule has 0 heterocycles. The highest BCUT2D eigenvalue weighted by molar-refractivity contribution is 5.96. The Kier molecular flexibility index (Phi) is 6.95. The number of hydrogen-bond donors (Lipinski definition) is 5. The summed E-state index contributed by atoms with van der Waals surface area (Å²) in [6, 6.07) is 19.2. The molecule has 6 N–H and O–H groups in total. The average Bonchev–Trinajstić information content (AvgIpc) is 2.78. The van der Waals surface area contributed by atoms with Gasteiger partial charge in [0.25, 0.3) is 11.7 Å². The number of carbonyl (C=O) groups is 3. The molecule has 0 aromatic heterocycles. The summed E-state index contributed by atoms with van der Waals surface area (Å²) >= 11 is 0. The van der Waals surface area contributed by atoms with Gasteiger partial charge in [0.05, 0.1) is 6.54 Å². The number of carboxylic acids is 1. The fourth-order valence-electron chi connectivity index (χ4n) is 3.47. The summed E-state index contributed by atoms with van der Waals surface area (Å²) in [4.78, 5) is 35.8. The molecule has 3 rings (SSSR count). The number of likely N-dealkylation sites (N-methyl/N-ethyl adjacent to an activating group) is 1. The molecule has 0 bridgehead atoms. The molecular weight excluding hydrogens is 426 g/mol. The second kappa shape index (κ2) is 9.68. The van der Waals surface area contributed by atoms with Gasteiger partial charge in [-0.2, -0.15) is 0 Å². The van der Waals surface area contributed by atoms with E-state index in [4.69, 9.17) is 5.73 Å². The molecule has 0 radical (unpaired) electrons. The number of nitrogens with zero attached hydrogens (tertiary/aromatic N) is 1. The number of primary amides is 1. The third kappa shape index (κ3) is 5.65. The Morgan fingerprint density at radius 1 is 1.00 bits per heavy atom. The van der Waals surface area contributed by atoms with Crippen LogP contribution in [0.15, 0.2) is 66.7 Å². The van der Waals surface area contributed by atoms with E-state index in [0.717, 1.165) is 26.8 Å². The lowest BCUT2D eigenvalue weighted by Gasteiger charge is -2.26. The number of aliphatic carboxylic acids is 1. The number of carboxylic acid groups (broad SMARTS) is 1. The third-order valence-corrected chi connectivity index (χ3v) is 5.29. The van der Waals surface area contributed by atoms with Gasteiger partial charge in [0.15, 0.2) is 0 Å². The number of carbonyl (C=O) groups excluding carboxylic acids is 2. The van der Waals surface area contributed by atoms with Crippen molar-refractivity contribution in [2.24, 2.45) is 5.73 Å². The van der Waals surface area contributed by atoms with Crippen molar-refractivity contribution in [1.82, 2.24) is 10.2 Å². The van der Waals surface area contributed by atoms with Crippen LogP contribution in [0.4, 0.5) is 4.79 Å². The maximum atomic E-state index is 12.3. The summed E-state index contributed by atoms with van der Waals surface area (Å²) in [5, 5.41) is 33.1. The topological polar surface area (TPSA) is 153 Å². The first-order chi connectivity index (χ1) is 15.6. The van der Waals surface area contributed by atoms with E-state index in [1.807, 2.05) is 54.6 Å². The minimum atomic E-state index is -2.93. The van der Waals surface area contributed by atoms with Gasteiger partial charge in [-0.1, -0.05) is 66.7 Å². The van der Waals surface area contributed by atoms with Crippen molar-refractivity contribution < 1.29 is 29.7 Å². The SMILES string of the molecule is CN(CC(O)(O)C(N)=O)C(=O)N[C@@H](Cc1ccc(-c2cccc3ccccc23)cc1)C(=O)O. The zero-order valence-electron chi connectivity index (χ0n) is 17.9. The molecule has 0 unspecified atom stereocenters. The van der Waals surface area contributed by atoms with Crippen LogP contribution in [0.3, 0.4) is 0 Å². The number of fused-ring (bicyclic) bond motifs is 1. The van der Waals surface area contributed by atoms with Gasteiger partial charge in [0, 0.05) is 13.5 Å². The van der Waals surface area contributed by atoms with Crippen LogP contribution >= 0.6 is 0 Å². The Morgan fingerprint density at radius 3 is 2.27 bits per heavy atom. The first kappa shape index (κ1) is 23.7. The van der Waals surface area contributed by atoms with E-state index in [-0.39, 0.29) is 6.42 Å². The smallest absolute Gasteiger partial charge is 0.326 e. The van der Waals surface area contributed by atoms with E-state index in [9.17, 15) is 29.7 Å². The fraction of sp³-hybridized carbons (Fsp3) is 0.208. The maximum Gasteiger partial charge on any atom is 0.326 e. The Morgan fingerprint density at radius 2 is 1.64 bits per heavy atom. The largest absolute Gasteiger partial charge is 0.480 e. The first-order valence-electron chi connectivity index (χ1n) is 10.1. The number of nitrogens with two attached hydrogens (primary N) is 1. The molecule has 3 aromatic carbocycles. The van der Waals surface area contributed by atoms with Crippen LogP contribution in [0.25, 0.3) is 21.9 Å². The van der Waals surface area contributed by atoms with Gasteiger partial charge >= 0.3 is 12.0 Å². The molecule has 9 nitrogen and oxygen atoms in total. The van der Waals surface area contributed by atoms with Gasteiger partial charge in [-0.3, -0.25) is 4.79 Å². The maximum absolute atomic E-state index is 12.3. The molecule has 9 heteroatoms. The van der Waals surface area contributed by atoms with Crippen molar-refractivity contribution in [3.63, 3.8) is 0 Å². The molecule has 0 fully saturated rings. The number of amides is 3. The van der Waals surface area contributed by atoms with Crippen molar-refractivity contribution in [3.8, 4) is 11.1 Å². The lowest BCUT2D eigenvalue weighted by Crippen LogP contribution is -2.56. The van der Waals surface area contributed by atoms with Crippen LogP contribution in [-0.4, -0.2) is 63.5 Å². The molecule has 0 aliphatic rings. The van der Waals surface area contributed by atoms with E-state index in [2.05, 4.69) is 5.32 Å². The van der Waals surface area contributed by atoms with E-state index < -0.39 is 36.3 Å². The van der Waals surface area contributed by atoms with Crippen molar-refractivity contribution in [3.05, 3.63) is 72.3 Å². The third-order valence-electron chi connectivity index (χ3n) is 5.29. The molecule has 33 heavy (non-hydrogen) atoms.